The van der Waals surface area contributed by atoms with Gasteiger partial charge in [0.2, 0.25) is 0 Å². The molecule has 0 unspecified atom stereocenters. The van der Waals surface area contributed by atoms with Gasteiger partial charge in [0.15, 0.2) is 0 Å². The van der Waals surface area contributed by atoms with Crippen molar-refractivity contribution in [3.63, 3.8) is 0 Å². The molecular weight excluding hydrogens is 250 g/mol. The van der Waals surface area contributed by atoms with Crippen LogP contribution >= 0.6 is 15.9 Å². The SMILES string of the molecule is C[C@H](O)Cc1ccc([N+](=O)[O-])cc1Br. The summed E-state index contributed by atoms with van der Waals surface area (Å²) in [5.41, 5.74) is 0.914. The van der Waals surface area contributed by atoms with Crippen LogP contribution in [0.5, 0.6) is 0 Å². The Hall–Kier alpha value is -0.940. The number of nitro benzene ring substituents is 1. The minimum Gasteiger partial charge on any atom is -0.393 e. The van der Waals surface area contributed by atoms with Gasteiger partial charge < -0.3 is 5.11 Å². The van der Waals surface area contributed by atoms with Crippen molar-refractivity contribution in [2.24, 2.45) is 0 Å². The molecule has 0 fully saturated rings. The van der Waals surface area contributed by atoms with Crippen LogP contribution in [-0.4, -0.2) is 16.1 Å². The number of halogens is 1. The topological polar surface area (TPSA) is 63.4 Å². The smallest absolute Gasteiger partial charge is 0.270 e. The Morgan fingerprint density at radius 3 is 2.71 bits per heavy atom. The highest BCUT2D eigenvalue weighted by Gasteiger charge is 2.10. The number of nitrogens with zero attached hydrogens (tertiary/aromatic N) is 1. The third-order valence-electron chi connectivity index (χ3n) is 1.76. The van der Waals surface area contributed by atoms with Crippen LogP contribution in [0.4, 0.5) is 5.69 Å². The minimum absolute atomic E-state index is 0.0474. The zero-order valence-corrected chi connectivity index (χ0v) is 9.19. The van der Waals surface area contributed by atoms with Gasteiger partial charge in [-0.2, -0.15) is 0 Å². The van der Waals surface area contributed by atoms with Crippen LogP contribution in [0.3, 0.4) is 0 Å². The van der Waals surface area contributed by atoms with E-state index in [1.807, 2.05) is 0 Å². The molecule has 0 amide bonds. The van der Waals surface area contributed by atoms with Crippen LogP contribution in [-0.2, 0) is 6.42 Å². The predicted molar refractivity (Wildman–Crippen MR) is 56.2 cm³/mol. The molecule has 1 rings (SSSR count). The maximum Gasteiger partial charge on any atom is 0.270 e. The number of aliphatic hydroxyl groups excluding tert-OH is 1. The molecule has 0 saturated heterocycles. The third kappa shape index (κ3) is 2.78. The van der Waals surface area contributed by atoms with Crippen molar-refractivity contribution < 1.29 is 10.0 Å². The molecule has 0 aliphatic heterocycles. The number of benzene rings is 1. The number of non-ortho nitro benzene ring substituents is 1. The van der Waals surface area contributed by atoms with Crippen molar-refractivity contribution in [3.8, 4) is 0 Å². The highest BCUT2D eigenvalue weighted by Crippen LogP contribution is 2.23. The van der Waals surface area contributed by atoms with E-state index in [4.69, 9.17) is 5.11 Å². The fraction of sp³-hybridized carbons (Fsp3) is 0.333. The van der Waals surface area contributed by atoms with Crippen LogP contribution in [0.25, 0.3) is 0 Å². The molecule has 76 valence electrons. The molecule has 0 aromatic heterocycles. The van der Waals surface area contributed by atoms with Crippen molar-refractivity contribution in [2.45, 2.75) is 19.4 Å². The largest absolute Gasteiger partial charge is 0.393 e. The van der Waals surface area contributed by atoms with Gasteiger partial charge >= 0.3 is 0 Å². The van der Waals surface area contributed by atoms with E-state index in [2.05, 4.69) is 15.9 Å². The fourth-order valence-corrected chi connectivity index (χ4v) is 1.66. The van der Waals surface area contributed by atoms with Gasteiger partial charge in [0.1, 0.15) is 0 Å². The standard InChI is InChI=1S/C9H10BrNO3/c1-6(12)4-7-2-3-8(11(13)14)5-9(7)10/h2-3,5-6,12H,4H2,1H3/t6-/m0/s1. The number of hydrogen-bond acceptors (Lipinski definition) is 3. The van der Waals surface area contributed by atoms with E-state index in [1.165, 1.54) is 12.1 Å². The second-order valence-electron chi connectivity index (χ2n) is 3.09. The van der Waals surface area contributed by atoms with Crippen molar-refractivity contribution in [3.05, 3.63) is 38.3 Å². The third-order valence-corrected chi connectivity index (χ3v) is 2.50. The molecule has 4 nitrogen and oxygen atoms in total. The van der Waals surface area contributed by atoms with Crippen LogP contribution in [0, 0.1) is 10.1 Å². The number of nitro groups is 1. The lowest BCUT2D eigenvalue weighted by Crippen LogP contribution is -2.04. The highest BCUT2D eigenvalue weighted by atomic mass is 79.9. The molecule has 1 aromatic carbocycles. The minimum atomic E-state index is -0.451. The van der Waals surface area contributed by atoms with Gasteiger partial charge in [-0.15, -0.1) is 0 Å². The average molecular weight is 260 g/mol. The molecule has 1 atom stereocenters. The van der Waals surface area contributed by atoms with E-state index >= 15 is 0 Å². The molecule has 0 saturated carbocycles. The summed E-state index contributed by atoms with van der Waals surface area (Å²) >= 11 is 3.23. The molecular formula is C9H10BrNO3. The Morgan fingerprint density at radius 1 is 1.64 bits per heavy atom. The first-order chi connectivity index (χ1) is 6.50. The van der Waals surface area contributed by atoms with E-state index in [0.29, 0.717) is 10.9 Å². The summed E-state index contributed by atoms with van der Waals surface area (Å²) in [6, 6.07) is 4.52. The van der Waals surface area contributed by atoms with E-state index in [1.54, 1.807) is 13.0 Å². The summed E-state index contributed by atoms with van der Waals surface area (Å²) in [5.74, 6) is 0. The van der Waals surface area contributed by atoms with E-state index in [-0.39, 0.29) is 5.69 Å². The molecule has 5 heteroatoms. The van der Waals surface area contributed by atoms with Crippen LogP contribution in [0.1, 0.15) is 12.5 Å². The Kier molecular flexibility index (Phi) is 3.60. The van der Waals surface area contributed by atoms with Crippen LogP contribution in [0.15, 0.2) is 22.7 Å². The van der Waals surface area contributed by atoms with Crippen LogP contribution < -0.4 is 0 Å². The normalized spacial score (nSPS) is 12.5. The predicted octanol–water partition coefficient (Wildman–Crippen LogP) is 2.28. The van der Waals surface area contributed by atoms with Gasteiger partial charge in [-0.1, -0.05) is 22.0 Å². The first kappa shape index (κ1) is 11.1. The quantitative estimate of drug-likeness (QED) is 0.669. The second kappa shape index (κ2) is 4.52. The summed E-state index contributed by atoms with van der Waals surface area (Å²) in [7, 11) is 0. The Labute approximate surface area is 89.8 Å². The Balaban J connectivity index is 2.95. The zero-order chi connectivity index (χ0) is 10.7. The molecule has 0 spiro atoms. The summed E-state index contributed by atoms with van der Waals surface area (Å²) in [6.45, 7) is 1.67. The summed E-state index contributed by atoms with van der Waals surface area (Å²) in [5, 5.41) is 19.6. The second-order valence-corrected chi connectivity index (χ2v) is 3.94. The molecule has 0 radical (unpaired) electrons. The highest BCUT2D eigenvalue weighted by molar-refractivity contribution is 9.10. The molecule has 0 heterocycles. The molecule has 1 N–H and O–H groups in total. The maximum atomic E-state index is 10.4. The lowest BCUT2D eigenvalue weighted by molar-refractivity contribution is -0.384. The molecule has 0 aliphatic carbocycles. The maximum absolute atomic E-state index is 10.4. The first-order valence-electron chi connectivity index (χ1n) is 4.11. The van der Waals surface area contributed by atoms with Gasteiger partial charge in [0.25, 0.3) is 5.69 Å². The lowest BCUT2D eigenvalue weighted by atomic mass is 10.1. The van der Waals surface area contributed by atoms with Crippen molar-refractivity contribution in [2.75, 3.05) is 0 Å². The molecule has 14 heavy (non-hydrogen) atoms. The van der Waals surface area contributed by atoms with E-state index < -0.39 is 11.0 Å². The van der Waals surface area contributed by atoms with E-state index in [0.717, 1.165) is 5.56 Å². The van der Waals surface area contributed by atoms with Crippen molar-refractivity contribution in [1.29, 1.82) is 0 Å². The van der Waals surface area contributed by atoms with Gasteiger partial charge in [0.05, 0.1) is 11.0 Å². The summed E-state index contributed by atoms with van der Waals surface area (Å²) < 4.78 is 0.660. The first-order valence-corrected chi connectivity index (χ1v) is 4.91. The monoisotopic (exact) mass is 259 g/mol. The molecule has 1 aromatic rings. The number of hydrogen-bond donors (Lipinski definition) is 1. The number of rotatable bonds is 3. The van der Waals surface area contributed by atoms with Gasteiger partial charge in [-0.05, 0) is 18.9 Å². The van der Waals surface area contributed by atoms with Crippen LogP contribution in [0.2, 0.25) is 0 Å². The molecule has 0 aliphatic rings. The number of aliphatic hydroxyl groups is 1. The van der Waals surface area contributed by atoms with Crippen molar-refractivity contribution in [1.82, 2.24) is 0 Å². The lowest BCUT2D eigenvalue weighted by Gasteiger charge is -2.06. The summed E-state index contributed by atoms with van der Waals surface area (Å²) in [4.78, 5) is 9.97. The average Bonchev–Trinajstić information content (AvgIpc) is 2.07. The Bertz CT molecular complexity index is 352. The summed E-state index contributed by atoms with van der Waals surface area (Å²) in [6.07, 6.45) is 0.0335. The Morgan fingerprint density at radius 2 is 2.29 bits per heavy atom. The van der Waals surface area contributed by atoms with Crippen molar-refractivity contribution >= 4 is 21.6 Å². The molecule has 0 bridgehead atoms. The zero-order valence-electron chi connectivity index (χ0n) is 7.61. The van der Waals surface area contributed by atoms with E-state index in [9.17, 15) is 10.1 Å². The fourth-order valence-electron chi connectivity index (χ4n) is 1.13. The van der Waals surface area contributed by atoms with Gasteiger partial charge in [-0.25, -0.2) is 0 Å². The van der Waals surface area contributed by atoms with Gasteiger partial charge in [-0.3, -0.25) is 10.1 Å². The van der Waals surface area contributed by atoms with Gasteiger partial charge in [0, 0.05) is 16.6 Å².